The van der Waals surface area contributed by atoms with Gasteiger partial charge in [0.25, 0.3) is 0 Å². The van der Waals surface area contributed by atoms with E-state index in [0.717, 1.165) is 0 Å². The Hall–Kier alpha value is -0.770. The molecule has 6 heteroatoms. The number of carbonyl (C=O) groups is 2. The van der Waals surface area contributed by atoms with Gasteiger partial charge in [-0.2, -0.15) is 0 Å². The summed E-state index contributed by atoms with van der Waals surface area (Å²) in [6.07, 6.45) is 0. The topological polar surface area (TPSA) is 54.4 Å². The Morgan fingerprint density at radius 3 is 2.12 bits per heavy atom. The molecule has 1 N–H and O–H groups in total. The minimum absolute atomic E-state index is 0.0611. The van der Waals surface area contributed by atoms with Crippen LogP contribution >= 0.6 is 34.8 Å². The van der Waals surface area contributed by atoms with Crippen LogP contribution in [0.5, 0.6) is 0 Å². The lowest BCUT2D eigenvalue weighted by atomic mass is 9.99. The van der Waals surface area contributed by atoms with Gasteiger partial charge in [-0.25, -0.2) is 0 Å². The normalized spacial score (nSPS) is 12.2. The number of ketones is 1. The van der Waals surface area contributed by atoms with Crippen molar-refractivity contribution in [3.05, 3.63) is 32.8 Å². The zero-order chi connectivity index (χ0) is 12.5. The third-order valence-electron chi connectivity index (χ3n) is 2.04. The average Bonchev–Trinajstić information content (AvgIpc) is 2.21. The molecule has 0 spiro atoms. The predicted molar refractivity (Wildman–Crippen MR) is 62.6 cm³/mol. The maximum atomic E-state index is 11.7. The maximum absolute atomic E-state index is 11.7. The van der Waals surface area contributed by atoms with Crippen LogP contribution in [0, 0.1) is 5.92 Å². The van der Waals surface area contributed by atoms with E-state index >= 15 is 0 Å². The zero-order valence-electron chi connectivity index (χ0n) is 8.13. The van der Waals surface area contributed by atoms with E-state index in [0.29, 0.717) is 0 Å². The minimum Gasteiger partial charge on any atom is -0.481 e. The molecule has 0 aromatic heterocycles. The number of halogens is 3. The number of rotatable bonds is 3. The van der Waals surface area contributed by atoms with Crippen molar-refractivity contribution in [3.63, 3.8) is 0 Å². The van der Waals surface area contributed by atoms with Gasteiger partial charge in [-0.15, -0.1) is 0 Å². The van der Waals surface area contributed by atoms with E-state index < -0.39 is 17.7 Å². The van der Waals surface area contributed by atoms with Gasteiger partial charge in [-0.1, -0.05) is 34.8 Å². The molecule has 0 heterocycles. The Kier molecular flexibility index (Phi) is 4.19. The molecule has 0 radical (unpaired) electrons. The van der Waals surface area contributed by atoms with Crippen LogP contribution in [0.25, 0.3) is 0 Å². The Balaban J connectivity index is 3.19. The molecule has 0 saturated carbocycles. The minimum atomic E-state index is -1.22. The van der Waals surface area contributed by atoms with Crippen molar-refractivity contribution in [2.75, 3.05) is 0 Å². The van der Waals surface area contributed by atoms with Crippen molar-refractivity contribution >= 4 is 46.6 Å². The molecule has 0 aliphatic rings. The van der Waals surface area contributed by atoms with Crippen LogP contribution in [0.1, 0.15) is 17.3 Å². The quantitative estimate of drug-likeness (QED) is 0.524. The highest BCUT2D eigenvalue weighted by Crippen LogP contribution is 2.30. The molecule has 0 aliphatic carbocycles. The van der Waals surface area contributed by atoms with Gasteiger partial charge >= 0.3 is 5.97 Å². The summed E-state index contributed by atoms with van der Waals surface area (Å²) >= 11 is 17.2. The number of carboxylic acids is 1. The van der Waals surface area contributed by atoms with Gasteiger partial charge < -0.3 is 5.11 Å². The lowest BCUT2D eigenvalue weighted by molar-refractivity contribution is -0.139. The van der Waals surface area contributed by atoms with Crippen molar-refractivity contribution in [1.29, 1.82) is 0 Å². The monoisotopic (exact) mass is 280 g/mol. The first-order chi connectivity index (χ1) is 7.34. The highest BCUT2D eigenvalue weighted by molar-refractivity contribution is 6.44. The SMILES string of the molecule is C[C@@H](C(=O)O)C(=O)c1cc(Cl)c(Cl)cc1Cl. The Labute approximate surface area is 107 Å². The van der Waals surface area contributed by atoms with Gasteiger partial charge in [0.1, 0.15) is 5.92 Å². The Morgan fingerprint density at radius 2 is 1.62 bits per heavy atom. The fraction of sp³-hybridized carbons (Fsp3) is 0.200. The average molecular weight is 282 g/mol. The van der Waals surface area contributed by atoms with Crippen LogP contribution in [-0.2, 0) is 4.79 Å². The maximum Gasteiger partial charge on any atom is 0.314 e. The number of hydrogen-bond donors (Lipinski definition) is 1. The molecule has 1 atom stereocenters. The van der Waals surface area contributed by atoms with Gasteiger partial charge in [0.2, 0.25) is 0 Å². The zero-order valence-corrected chi connectivity index (χ0v) is 10.4. The first-order valence-electron chi connectivity index (χ1n) is 4.26. The fourth-order valence-corrected chi connectivity index (χ4v) is 1.70. The van der Waals surface area contributed by atoms with Gasteiger partial charge in [0.05, 0.1) is 15.1 Å². The number of Topliss-reactive ketones (excluding diaryl/α,β-unsaturated/α-hetero) is 1. The van der Waals surface area contributed by atoms with Gasteiger partial charge in [0, 0.05) is 5.56 Å². The summed E-state index contributed by atoms with van der Waals surface area (Å²) < 4.78 is 0. The van der Waals surface area contributed by atoms with Crippen molar-refractivity contribution in [3.8, 4) is 0 Å². The molecule has 0 aliphatic heterocycles. The molecular formula is C10H7Cl3O3. The molecule has 3 nitrogen and oxygen atoms in total. The van der Waals surface area contributed by atoms with Gasteiger partial charge in [-0.05, 0) is 19.1 Å². The fourth-order valence-electron chi connectivity index (χ4n) is 1.06. The Bertz CT molecular complexity index is 457. The van der Waals surface area contributed by atoms with Crippen LogP contribution in [0.3, 0.4) is 0 Å². The summed E-state index contributed by atoms with van der Waals surface area (Å²) in [6, 6.07) is 2.58. The van der Waals surface area contributed by atoms with E-state index in [2.05, 4.69) is 0 Å². The van der Waals surface area contributed by atoms with E-state index in [4.69, 9.17) is 39.9 Å². The predicted octanol–water partition coefficient (Wildman–Crippen LogP) is 3.55. The highest BCUT2D eigenvalue weighted by Gasteiger charge is 2.24. The lowest BCUT2D eigenvalue weighted by Crippen LogP contribution is -2.20. The second-order valence-corrected chi connectivity index (χ2v) is 4.39. The van der Waals surface area contributed by atoms with Crippen molar-refractivity contribution in [2.45, 2.75) is 6.92 Å². The summed E-state index contributed by atoms with van der Waals surface area (Å²) in [6.45, 7) is 1.28. The number of carboxylic acid groups (broad SMARTS) is 1. The summed E-state index contributed by atoms with van der Waals surface area (Å²) in [5.74, 6) is -2.99. The van der Waals surface area contributed by atoms with Crippen molar-refractivity contribution in [2.24, 2.45) is 5.92 Å². The third-order valence-corrected chi connectivity index (χ3v) is 3.07. The molecule has 0 fully saturated rings. The van der Waals surface area contributed by atoms with E-state index in [1.165, 1.54) is 19.1 Å². The first-order valence-corrected chi connectivity index (χ1v) is 5.39. The van der Waals surface area contributed by atoms with Crippen LogP contribution in [0.15, 0.2) is 12.1 Å². The number of carbonyl (C=O) groups excluding carboxylic acids is 1. The van der Waals surface area contributed by atoms with Crippen LogP contribution < -0.4 is 0 Å². The smallest absolute Gasteiger partial charge is 0.314 e. The molecule has 86 valence electrons. The van der Waals surface area contributed by atoms with E-state index in [1.54, 1.807) is 0 Å². The molecule has 1 rings (SSSR count). The van der Waals surface area contributed by atoms with Crippen LogP contribution in [-0.4, -0.2) is 16.9 Å². The number of aliphatic carboxylic acids is 1. The third kappa shape index (κ3) is 2.67. The van der Waals surface area contributed by atoms with Crippen LogP contribution in [0.2, 0.25) is 15.1 Å². The summed E-state index contributed by atoms with van der Waals surface area (Å²) in [5, 5.41) is 9.17. The van der Waals surface area contributed by atoms with Gasteiger partial charge in [0.15, 0.2) is 5.78 Å². The molecule has 0 bridgehead atoms. The molecule has 0 amide bonds. The first kappa shape index (κ1) is 13.3. The Morgan fingerprint density at radius 1 is 1.12 bits per heavy atom. The molecule has 0 unspecified atom stereocenters. The second-order valence-electron chi connectivity index (χ2n) is 3.17. The molecular weight excluding hydrogens is 274 g/mol. The van der Waals surface area contributed by atoms with Gasteiger partial charge in [-0.3, -0.25) is 9.59 Å². The van der Waals surface area contributed by atoms with E-state index in [1.807, 2.05) is 0 Å². The summed E-state index contributed by atoms with van der Waals surface area (Å²) in [7, 11) is 0. The molecule has 1 aromatic carbocycles. The second kappa shape index (κ2) is 5.04. The van der Waals surface area contributed by atoms with Crippen molar-refractivity contribution < 1.29 is 14.7 Å². The number of benzene rings is 1. The molecule has 16 heavy (non-hydrogen) atoms. The van der Waals surface area contributed by atoms with E-state index in [9.17, 15) is 9.59 Å². The summed E-state index contributed by atoms with van der Waals surface area (Å²) in [5.41, 5.74) is 0.0611. The van der Waals surface area contributed by atoms with Crippen LogP contribution in [0.4, 0.5) is 0 Å². The standard InChI is InChI=1S/C10H7Cl3O3/c1-4(10(15)16)9(14)5-2-7(12)8(13)3-6(5)11/h2-4H,1H3,(H,15,16)/t4-/m1/s1. The molecule has 0 saturated heterocycles. The number of hydrogen-bond acceptors (Lipinski definition) is 2. The highest BCUT2D eigenvalue weighted by atomic mass is 35.5. The largest absolute Gasteiger partial charge is 0.481 e. The molecule has 1 aromatic rings. The van der Waals surface area contributed by atoms with E-state index in [-0.39, 0.29) is 20.6 Å². The summed E-state index contributed by atoms with van der Waals surface area (Å²) in [4.78, 5) is 22.4. The lowest BCUT2D eigenvalue weighted by Gasteiger charge is -2.08. The van der Waals surface area contributed by atoms with Crippen molar-refractivity contribution in [1.82, 2.24) is 0 Å².